The maximum Gasteiger partial charge on any atom is 0.259 e. The van der Waals surface area contributed by atoms with Crippen molar-refractivity contribution in [3.05, 3.63) is 83.4 Å². The molecule has 0 fully saturated rings. The maximum atomic E-state index is 13.4. The molecule has 0 spiro atoms. The summed E-state index contributed by atoms with van der Waals surface area (Å²) in [5.74, 6) is 0.266. The first-order valence-electron chi connectivity index (χ1n) is 11.2. The van der Waals surface area contributed by atoms with Gasteiger partial charge in [-0.1, -0.05) is 31.5 Å². The molecule has 0 atom stereocenters. The number of aryl methyl sites for hydroxylation is 1. The second-order valence-electron chi connectivity index (χ2n) is 8.06. The number of nitrogens with zero attached hydrogens (tertiary/aromatic N) is 5. The van der Waals surface area contributed by atoms with Gasteiger partial charge < -0.3 is 5.32 Å². The molecule has 1 amide bonds. The molecule has 0 bridgehead atoms. The maximum absolute atomic E-state index is 13.4. The van der Waals surface area contributed by atoms with Gasteiger partial charge in [-0.05, 0) is 48.9 Å². The summed E-state index contributed by atoms with van der Waals surface area (Å²) in [6, 6.07) is 11.7. The van der Waals surface area contributed by atoms with Gasteiger partial charge in [0.25, 0.3) is 11.9 Å². The molecule has 7 nitrogen and oxygen atoms in total. The van der Waals surface area contributed by atoms with Crippen molar-refractivity contribution in [1.29, 1.82) is 0 Å². The van der Waals surface area contributed by atoms with Crippen LogP contribution in [0.4, 0.5) is 5.69 Å². The van der Waals surface area contributed by atoms with Gasteiger partial charge in [-0.2, -0.15) is 5.10 Å². The Hall–Kier alpha value is -3.91. The van der Waals surface area contributed by atoms with Gasteiger partial charge in [0, 0.05) is 35.1 Å². The summed E-state index contributed by atoms with van der Waals surface area (Å²) in [7, 11) is 0. The molecule has 1 N–H and O–H groups in total. The lowest BCUT2D eigenvalue weighted by Crippen LogP contribution is -2.16. The first kappa shape index (κ1) is 21.9. The number of amides is 1. The molecule has 5 aromatic rings. The van der Waals surface area contributed by atoms with Crippen LogP contribution in [0.1, 0.15) is 41.4 Å². The van der Waals surface area contributed by atoms with E-state index in [1.54, 1.807) is 34.6 Å². The van der Waals surface area contributed by atoms with E-state index in [4.69, 9.17) is 4.98 Å². The second-order valence-corrected chi connectivity index (χ2v) is 9.00. The number of hydrogen-bond donors (Lipinski definition) is 1. The highest BCUT2D eigenvalue weighted by atomic mass is 32.1. The van der Waals surface area contributed by atoms with E-state index in [0.29, 0.717) is 17.9 Å². The zero-order chi connectivity index (χ0) is 23.5. The standard InChI is InChI=1S/C26H24N6OS/c1-3-4-9-22-20(25(33)30-21-8-5-7-18-15-27-12-11-19(18)21)16-29-32(22)26-28-14-17(2)24(31-26)23-10-6-13-34-23/h5-8,10-16H,3-4,9H2,1-2H3,(H,30,33). The van der Waals surface area contributed by atoms with Gasteiger partial charge in [0.1, 0.15) is 0 Å². The predicted molar refractivity (Wildman–Crippen MR) is 136 cm³/mol. The molecule has 0 aliphatic heterocycles. The zero-order valence-corrected chi connectivity index (χ0v) is 19.8. The molecule has 0 aliphatic rings. The van der Waals surface area contributed by atoms with Crippen LogP contribution in [0.15, 0.2) is 66.6 Å². The summed E-state index contributed by atoms with van der Waals surface area (Å²) in [4.78, 5) is 28.0. The highest BCUT2D eigenvalue weighted by Gasteiger charge is 2.21. The number of aromatic nitrogens is 5. The lowest BCUT2D eigenvalue weighted by Gasteiger charge is -2.11. The molecule has 0 unspecified atom stereocenters. The summed E-state index contributed by atoms with van der Waals surface area (Å²) in [6.07, 6.45) is 9.56. The number of fused-ring (bicyclic) bond motifs is 1. The van der Waals surface area contributed by atoms with Crippen LogP contribution in [-0.2, 0) is 6.42 Å². The van der Waals surface area contributed by atoms with Crippen molar-refractivity contribution in [2.75, 3.05) is 5.32 Å². The van der Waals surface area contributed by atoms with Gasteiger partial charge in [0.15, 0.2) is 0 Å². The van der Waals surface area contributed by atoms with Crippen molar-refractivity contribution >= 4 is 33.7 Å². The Bertz CT molecular complexity index is 1450. The average molecular weight is 469 g/mol. The normalized spacial score (nSPS) is 11.1. The minimum Gasteiger partial charge on any atom is -0.321 e. The molecule has 0 radical (unpaired) electrons. The van der Waals surface area contributed by atoms with Gasteiger partial charge in [-0.3, -0.25) is 9.78 Å². The number of benzene rings is 1. The molecule has 34 heavy (non-hydrogen) atoms. The van der Waals surface area contributed by atoms with E-state index in [1.807, 2.05) is 54.9 Å². The van der Waals surface area contributed by atoms with Crippen LogP contribution in [0.5, 0.6) is 0 Å². The van der Waals surface area contributed by atoms with Crippen LogP contribution in [0, 0.1) is 6.92 Å². The number of nitrogens with one attached hydrogen (secondary N) is 1. The summed E-state index contributed by atoms with van der Waals surface area (Å²) < 4.78 is 1.70. The van der Waals surface area contributed by atoms with Crippen molar-refractivity contribution in [2.45, 2.75) is 33.1 Å². The van der Waals surface area contributed by atoms with Crippen LogP contribution in [0.3, 0.4) is 0 Å². The van der Waals surface area contributed by atoms with E-state index < -0.39 is 0 Å². The lowest BCUT2D eigenvalue weighted by molar-refractivity contribution is 0.102. The highest BCUT2D eigenvalue weighted by molar-refractivity contribution is 7.13. The summed E-state index contributed by atoms with van der Waals surface area (Å²) in [5.41, 5.74) is 3.96. The fourth-order valence-corrected chi connectivity index (χ4v) is 4.72. The van der Waals surface area contributed by atoms with Crippen LogP contribution in [0.25, 0.3) is 27.3 Å². The third-order valence-corrected chi connectivity index (χ3v) is 6.59. The van der Waals surface area contributed by atoms with E-state index in [1.165, 1.54) is 0 Å². The Balaban J connectivity index is 1.53. The van der Waals surface area contributed by atoms with Crippen molar-refractivity contribution in [3.8, 4) is 16.5 Å². The largest absolute Gasteiger partial charge is 0.321 e. The molecule has 0 saturated heterocycles. The van der Waals surface area contributed by atoms with E-state index in [9.17, 15) is 4.79 Å². The minimum atomic E-state index is -0.202. The molecule has 0 aliphatic carbocycles. The molecule has 4 aromatic heterocycles. The number of pyridine rings is 1. The van der Waals surface area contributed by atoms with Gasteiger partial charge in [-0.15, -0.1) is 11.3 Å². The molecule has 8 heteroatoms. The SMILES string of the molecule is CCCCc1c(C(=O)Nc2cccc3cnccc23)cnn1-c1ncc(C)c(-c2cccs2)n1. The number of carbonyl (C=O) groups excluding carboxylic acids is 1. The first-order chi connectivity index (χ1) is 16.7. The number of anilines is 1. The Morgan fingerprint density at radius 3 is 2.85 bits per heavy atom. The fraction of sp³-hybridized carbons (Fsp3) is 0.192. The van der Waals surface area contributed by atoms with E-state index in [-0.39, 0.29) is 5.91 Å². The van der Waals surface area contributed by atoms with Crippen LogP contribution in [-0.4, -0.2) is 30.6 Å². The van der Waals surface area contributed by atoms with Crippen molar-refractivity contribution in [1.82, 2.24) is 24.7 Å². The van der Waals surface area contributed by atoms with Gasteiger partial charge in [0.05, 0.1) is 28.0 Å². The number of carbonyl (C=O) groups is 1. The number of hydrogen-bond acceptors (Lipinski definition) is 6. The molecular formula is C26H24N6OS. The molecule has 0 saturated carbocycles. The highest BCUT2D eigenvalue weighted by Crippen LogP contribution is 2.27. The van der Waals surface area contributed by atoms with E-state index in [2.05, 4.69) is 27.3 Å². The van der Waals surface area contributed by atoms with Crippen molar-refractivity contribution in [3.63, 3.8) is 0 Å². The van der Waals surface area contributed by atoms with E-state index >= 15 is 0 Å². The van der Waals surface area contributed by atoms with Crippen molar-refractivity contribution in [2.24, 2.45) is 0 Å². The Labute approximate surface area is 201 Å². The Morgan fingerprint density at radius 1 is 1.12 bits per heavy atom. The summed E-state index contributed by atoms with van der Waals surface area (Å²) in [5, 5.41) is 11.5. The minimum absolute atomic E-state index is 0.202. The van der Waals surface area contributed by atoms with Crippen LogP contribution < -0.4 is 5.32 Å². The molecule has 5 rings (SSSR count). The van der Waals surface area contributed by atoms with Gasteiger partial charge >= 0.3 is 0 Å². The quantitative estimate of drug-likeness (QED) is 0.324. The predicted octanol–water partition coefficient (Wildman–Crippen LogP) is 5.84. The van der Waals surface area contributed by atoms with Gasteiger partial charge in [0.2, 0.25) is 0 Å². The third kappa shape index (κ3) is 4.20. The molecular weight excluding hydrogens is 444 g/mol. The second kappa shape index (κ2) is 9.52. The molecule has 1 aromatic carbocycles. The smallest absolute Gasteiger partial charge is 0.259 e. The van der Waals surface area contributed by atoms with Gasteiger partial charge in [-0.25, -0.2) is 14.6 Å². The number of unbranched alkanes of at least 4 members (excludes halogenated alkanes) is 1. The topological polar surface area (TPSA) is 85.6 Å². The summed E-state index contributed by atoms with van der Waals surface area (Å²) in [6.45, 7) is 4.13. The first-order valence-corrected chi connectivity index (χ1v) is 12.1. The van der Waals surface area contributed by atoms with Crippen LogP contribution in [0.2, 0.25) is 0 Å². The number of rotatable bonds is 7. The average Bonchev–Trinajstić information content (AvgIpc) is 3.54. The lowest BCUT2D eigenvalue weighted by atomic mass is 10.1. The molecule has 4 heterocycles. The van der Waals surface area contributed by atoms with Crippen molar-refractivity contribution < 1.29 is 4.79 Å². The van der Waals surface area contributed by atoms with E-state index in [0.717, 1.165) is 51.1 Å². The molecule has 170 valence electrons. The van der Waals surface area contributed by atoms with Crippen LogP contribution >= 0.6 is 11.3 Å². The third-order valence-electron chi connectivity index (χ3n) is 5.71. The monoisotopic (exact) mass is 468 g/mol. The fourth-order valence-electron chi connectivity index (χ4n) is 3.94. The zero-order valence-electron chi connectivity index (χ0n) is 19.0. The summed E-state index contributed by atoms with van der Waals surface area (Å²) >= 11 is 1.64. The Morgan fingerprint density at radius 2 is 2.03 bits per heavy atom. The Kier molecular flexibility index (Phi) is 6.14. The number of thiophene rings is 1.